The monoisotopic (exact) mass is 617 g/mol. The molecule has 0 N–H and O–H groups in total. The Kier molecular flexibility index (Phi) is 32.1. The number of thiol groups is 1. The second-order valence-electron chi connectivity index (χ2n) is 12.5. The molecule has 0 aliphatic carbocycles. The molecule has 0 fully saturated rings. The predicted octanol–water partition coefficient (Wildman–Crippen LogP) is 10.5. The average Bonchev–Trinajstić information content (AvgIpc) is 2.99. The van der Waals surface area contributed by atoms with Gasteiger partial charge < -0.3 is 18.7 Å². The second kappa shape index (κ2) is 31.8. The molecule has 41 heavy (non-hydrogen) atoms. The zero-order valence-electron chi connectivity index (χ0n) is 28.9. The maximum absolute atomic E-state index is 6.97. The van der Waals surface area contributed by atoms with Crippen LogP contribution < -0.4 is 0 Å². The summed E-state index contributed by atoms with van der Waals surface area (Å²) in [5, 5.41) is 0. The number of hydrogen-bond donors (Lipinski definition) is 1. The first-order valence-electron chi connectivity index (χ1n) is 18.4. The molecule has 4 nitrogen and oxygen atoms in total. The summed E-state index contributed by atoms with van der Waals surface area (Å²) in [6.07, 6.45) is 25.1. The van der Waals surface area contributed by atoms with Gasteiger partial charge in [0.2, 0.25) is 0 Å². The molecule has 0 bridgehead atoms. The zero-order chi connectivity index (χ0) is 30.3. The second-order valence-corrected chi connectivity index (χ2v) is 16.3. The van der Waals surface area contributed by atoms with E-state index in [1.54, 1.807) is 0 Å². The fraction of sp³-hybridized carbons (Fsp3) is 1.00. The summed E-state index contributed by atoms with van der Waals surface area (Å²) in [5.74, 6) is 0.928. The van der Waals surface area contributed by atoms with E-state index in [-0.39, 0.29) is 0 Å². The highest BCUT2D eigenvalue weighted by atomic mass is 32.1. The van der Waals surface area contributed by atoms with E-state index in [0.717, 1.165) is 50.6 Å². The van der Waals surface area contributed by atoms with Gasteiger partial charge in [0.1, 0.15) is 0 Å². The Balaban J connectivity index is 5.13. The van der Waals surface area contributed by atoms with Crippen LogP contribution in [-0.2, 0) is 8.85 Å². The summed E-state index contributed by atoms with van der Waals surface area (Å²) >= 11 is 4.61. The van der Waals surface area contributed by atoms with Crippen LogP contribution in [0.2, 0.25) is 12.1 Å². The van der Waals surface area contributed by atoms with Gasteiger partial charge in [0.05, 0.1) is 0 Å². The highest BCUT2D eigenvalue weighted by Gasteiger charge is 2.36. The van der Waals surface area contributed by atoms with E-state index in [2.05, 4.69) is 57.0 Å². The highest BCUT2D eigenvalue weighted by molar-refractivity contribution is 7.80. The third-order valence-electron chi connectivity index (χ3n) is 8.48. The lowest BCUT2D eigenvalue weighted by molar-refractivity contribution is 0.123. The van der Waals surface area contributed by atoms with Crippen LogP contribution in [0.15, 0.2) is 0 Å². The van der Waals surface area contributed by atoms with Gasteiger partial charge in [0, 0.05) is 26.3 Å². The Bertz CT molecular complexity index is 473. The van der Waals surface area contributed by atoms with Gasteiger partial charge >= 0.3 is 8.56 Å². The maximum Gasteiger partial charge on any atom is 0.338 e. The molecule has 0 saturated heterocycles. The standard InChI is InChI=1S/C35H76N2O2SSi/c1-6-11-16-17-18-19-20-21-22-23-34-41(35-24-33-40,38-31-29-36(25-12-7-2)26-13-8-3)39-32-30-37(27-14-9-4)28-15-10-5/h40H,6-35H2,1-5H3. The lowest BCUT2D eigenvalue weighted by Gasteiger charge is -2.33. The van der Waals surface area contributed by atoms with Crippen molar-refractivity contribution in [2.75, 3.05) is 58.2 Å². The van der Waals surface area contributed by atoms with E-state index in [4.69, 9.17) is 8.85 Å². The van der Waals surface area contributed by atoms with Crippen LogP contribution in [0.5, 0.6) is 0 Å². The summed E-state index contributed by atoms with van der Waals surface area (Å²) in [6.45, 7) is 20.1. The molecule has 0 aromatic carbocycles. The molecule has 0 radical (unpaired) electrons. The van der Waals surface area contributed by atoms with Crippen LogP contribution in [-0.4, -0.2) is 76.6 Å². The molecule has 0 spiro atoms. The molecular formula is C35H76N2O2SSi. The van der Waals surface area contributed by atoms with Gasteiger partial charge in [-0.15, -0.1) is 0 Å². The number of rotatable bonds is 34. The lowest BCUT2D eigenvalue weighted by Crippen LogP contribution is -2.46. The molecule has 0 unspecified atom stereocenters. The molecule has 0 saturated carbocycles. The van der Waals surface area contributed by atoms with Gasteiger partial charge in [0.25, 0.3) is 0 Å². The van der Waals surface area contributed by atoms with E-state index < -0.39 is 8.56 Å². The van der Waals surface area contributed by atoms with Crippen LogP contribution in [0, 0.1) is 0 Å². The van der Waals surface area contributed by atoms with Crippen molar-refractivity contribution in [2.24, 2.45) is 0 Å². The molecule has 0 heterocycles. The summed E-state index contributed by atoms with van der Waals surface area (Å²) in [4.78, 5) is 5.28. The van der Waals surface area contributed by atoms with Crippen molar-refractivity contribution in [3.63, 3.8) is 0 Å². The molecular weight excluding hydrogens is 541 g/mol. The van der Waals surface area contributed by atoms with E-state index in [0.29, 0.717) is 0 Å². The highest BCUT2D eigenvalue weighted by Crippen LogP contribution is 2.26. The van der Waals surface area contributed by atoms with Crippen LogP contribution >= 0.6 is 12.6 Å². The molecule has 248 valence electrons. The number of nitrogens with zero attached hydrogens (tertiary/aromatic N) is 2. The largest absolute Gasteiger partial charge is 0.393 e. The van der Waals surface area contributed by atoms with E-state index >= 15 is 0 Å². The van der Waals surface area contributed by atoms with Crippen LogP contribution in [0.25, 0.3) is 0 Å². The Labute approximate surface area is 266 Å². The van der Waals surface area contributed by atoms with Gasteiger partial charge in [0.15, 0.2) is 0 Å². The molecule has 0 atom stereocenters. The molecule has 6 heteroatoms. The summed E-state index contributed by atoms with van der Waals surface area (Å²) in [5.41, 5.74) is 0. The van der Waals surface area contributed by atoms with Crippen molar-refractivity contribution in [3.05, 3.63) is 0 Å². The van der Waals surface area contributed by atoms with Gasteiger partial charge in [-0.1, -0.05) is 125 Å². The van der Waals surface area contributed by atoms with Crippen LogP contribution in [0.1, 0.15) is 157 Å². The first kappa shape index (κ1) is 41.4. The van der Waals surface area contributed by atoms with Crippen molar-refractivity contribution in [3.8, 4) is 0 Å². The van der Waals surface area contributed by atoms with Crippen molar-refractivity contribution >= 4 is 21.2 Å². The third kappa shape index (κ3) is 25.4. The summed E-state index contributed by atoms with van der Waals surface area (Å²) < 4.78 is 13.9. The fourth-order valence-electron chi connectivity index (χ4n) is 5.60. The van der Waals surface area contributed by atoms with Crippen molar-refractivity contribution in [1.82, 2.24) is 9.80 Å². The quantitative estimate of drug-likeness (QED) is 0.0442. The smallest absolute Gasteiger partial charge is 0.338 e. The molecule has 0 aromatic rings. The Morgan fingerprint density at radius 2 is 0.756 bits per heavy atom. The predicted molar refractivity (Wildman–Crippen MR) is 190 cm³/mol. The molecule has 0 aliphatic heterocycles. The first-order valence-corrected chi connectivity index (χ1v) is 21.3. The van der Waals surface area contributed by atoms with E-state index in [1.165, 1.54) is 142 Å². The van der Waals surface area contributed by atoms with Gasteiger partial charge in [-0.05, 0) is 76.1 Å². The van der Waals surface area contributed by atoms with Crippen molar-refractivity contribution in [1.29, 1.82) is 0 Å². The van der Waals surface area contributed by atoms with Crippen molar-refractivity contribution < 1.29 is 8.85 Å². The van der Waals surface area contributed by atoms with Gasteiger partial charge in [-0.2, -0.15) is 12.6 Å². The van der Waals surface area contributed by atoms with Gasteiger partial charge in [-0.25, -0.2) is 0 Å². The number of unbranched alkanes of at least 4 members (excludes halogenated alkanes) is 13. The normalized spacial score (nSPS) is 12.3. The summed E-state index contributed by atoms with van der Waals surface area (Å²) in [7, 11) is -2.27. The fourth-order valence-corrected chi connectivity index (χ4v) is 9.40. The molecule has 0 aromatic heterocycles. The number of hydrogen-bond acceptors (Lipinski definition) is 5. The summed E-state index contributed by atoms with van der Waals surface area (Å²) in [6, 6.07) is 2.26. The third-order valence-corrected chi connectivity index (χ3v) is 12.5. The Hall–Kier alpha value is 0.407. The van der Waals surface area contributed by atoms with E-state index in [9.17, 15) is 0 Å². The first-order chi connectivity index (χ1) is 20.1. The minimum atomic E-state index is -2.27. The topological polar surface area (TPSA) is 24.9 Å². The van der Waals surface area contributed by atoms with Crippen molar-refractivity contribution in [2.45, 2.75) is 169 Å². The minimum Gasteiger partial charge on any atom is -0.393 e. The Morgan fingerprint density at radius 1 is 0.415 bits per heavy atom. The molecule has 0 rings (SSSR count). The van der Waals surface area contributed by atoms with Gasteiger partial charge in [-0.3, -0.25) is 0 Å². The SMILES string of the molecule is CCCCCCCCCCCC[Si](CCCS)(OCCN(CCCC)CCCC)OCCN(CCCC)CCCC. The lowest BCUT2D eigenvalue weighted by atomic mass is 10.1. The minimum absolute atomic E-state index is 0.833. The zero-order valence-corrected chi connectivity index (χ0v) is 30.8. The van der Waals surface area contributed by atoms with E-state index in [1.807, 2.05) is 0 Å². The molecule has 0 amide bonds. The maximum atomic E-state index is 6.97. The average molecular weight is 617 g/mol. The molecule has 0 aliphatic rings. The van der Waals surface area contributed by atoms with Crippen LogP contribution in [0.3, 0.4) is 0 Å². The Morgan fingerprint density at radius 3 is 1.12 bits per heavy atom. The van der Waals surface area contributed by atoms with Crippen LogP contribution in [0.4, 0.5) is 0 Å².